The predicted octanol–water partition coefficient (Wildman–Crippen LogP) is 2.63. The van der Waals surface area contributed by atoms with Crippen LogP contribution in [0.2, 0.25) is 0 Å². The molecule has 1 saturated heterocycles. The van der Waals surface area contributed by atoms with Gasteiger partial charge in [0.25, 0.3) is 11.8 Å². The second-order valence-electron chi connectivity index (χ2n) is 6.68. The van der Waals surface area contributed by atoms with Crippen LogP contribution in [0.3, 0.4) is 0 Å². The van der Waals surface area contributed by atoms with Crippen LogP contribution in [0.1, 0.15) is 38.4 Å². The quantitative estimate of drug-likeness (QED) is 0.920. The van der Waals surface area contributed by atoms with Crippen molar-refractivity contribution in [2.75, 3.05) is 33.3 Å². The van der Waals surface area contributed by atoms with Crippen LogP contribution in [-0.2, 0) is 0 Å². The standard InChI is InChI=1S/C20H25N3O3/c1-14-12-15(2)18(26-3)16(13-14)19(24)22-8-5-9-23(11-10-22)20(25)17-6-4-7-21-17/h4,6-7,12-13,21H,5,8-11H2,1-3H3. The molecule has 138 valence electrons. The number of rotatable bonds is 3. The second kappa shape index (κ2) is 7.64. The summed E-state index contributed by atoms with van der Waals surface area (Å²) in [7, 11) is 1.59. The third kappa shape index (κ3) is 3.59. The molecule has 2 heterocycles. The van der Waals surface area contributed by atoms with E-state index in [0.717, 1.165) is 17.5 Å². The highest BCUT2D eigenvalue weighted by Gasteiger charge is 2.26. The molecule has 0 unspecified atom stereocenters. The molecule has 2 amide bonds. The van der Waals surface area contributed by atoms with Gasteiger partial charge in [0.05, 0.1) is 12.7 Å². The van der Waals surface area contributed by atoms with Crippen molar-refractivity contribution in [3.63, 3.8) is 0 Å². The molecule has 0 saturated carbocycles. The summed E-state index contributed by atoms with van der Waals surface area (Å²) in [5, 5.41) is 0. The maximum Gasteiger partial charge on any atom is 0.270 e. The molecule has 2 aromatic rings. The summed E-state index contributed by atoms with van der Waals surface area (Å²) < 4.78 is 5.47. The minimum absolute atomic E-state index is 0.0201. The molecule has 1 N–H and O–H groups in total. The normalized spacial score (nSPS) is 14.9. The molecule has 3 rings (SSSR count). The highest BCUT2D eigenvalue weighted by Crippen LogP contribution is 2.26. The van der Waals surface area contributed by atoms with Gasteiger partial charge in [0.1, 0.15) is 11.4 Å². The number of aromatic nitrogens is 1. The van der Waals surface area contributed by atoms with E-state index in [1.165, 1.54) is 0 Å². The third-order valence-electron chi connectivity index (χ3n) is 4.75. The molecular weight excluding hydrogens is 330 g/mol. The van der Waals surface area contributed by atoms with Gasteiger partial charge in [-0.15, -0.1) is 0 Å². The summed E-state index contributed by atoms with van der Waals surface area (Å²) in [6.45, 7) is 6.23. The van der Waals surface area contributed by atoms with Gasteiger partial charge in [-0.25, -0.2) is 0 Å². The van der Waals surface area contributed by atoms with Crippen LogP contribution in [0.4, 0.5) is 0 Å². The number of benzene rings is 1. The Kier molecular flexibility index (Phi) is 5.30. The number of methoxy groups -OCH3 is 1. The molecule has 0 bridgehead atoms. The average molecular weight is 355 g/mol. The zero-order chi connectivity index (χ0) is 18.7. The van der Waals surface area contributed by atoms with E-state index in [0.29, 0.717) is 43.2 Å². The average Bonchev–Trinajstić information content (AvgIpc) is 3.04. The number of aryl methyl sites for hydroxylation is 2. The minimum Gasteiger partial charge on any atom is -0.496 e. The molecule has 0 aliphatic carbocycles. The number of aromatic amines is 1. The number of nitrogens with zero attached hydrogens (tertiary/aromatic N) is 2. The maximum absolute atomic E-state index is 13.1. The number of hydrogen-bond donors (Lipinski definition) is 1. The molecule has 26 heavy (non-hydrogen) atoms. The lowest BCUT2D eigenvalue weighted by molar-refractivity contribution is 0.0714. The Morgan fingerprint density at radius 2 is 1.73 bits per heavy atom. The van der Waals surface area contributed by atoms with E-state index in [2.05, 4.69) is 4.98 Å². The highest BCUT2D eigenvalue weighted by atomic mass is 16.5. The molecule has 1 aliphatic heterocycles. The Hall–Kier alpha value is -2.76. The van der Waals surface area contributed by atoms with Crippen LogP contribution in [0, 0.1) is 13.8 Å². The summed E-state index contributed by atoms with van der Waals surface area (Å²) in [4.78, 5) is 32.2. The van der Waals surface area contributed by atoms with E-state index in [9.17, 15) is 9.59 Å². The van der Waals surface area contributed by atoms with Crippen molar-refractivity contribution in [3.8, 4) is 5.75 Å². The lowest BCUT2D eigenvalue weighted by atomic mass is 10.0. The molecule has 1 aromatic carbocycles. The van der Waals surface area contributed by atoms with Gasteiger partial charge in [-0.3, -0.25) is 9.59 Å². The Labute approximate surface area is 153 Å². The summed E-state index contributed by atoms with van der Waals surface area (Å²) in [5.74, 6) is 0.570. The number of nitrogens with one attached hydrogen (secondary N) is 1. The van der Waals surface area contributed by atoms with Crippen molar-refractivity contribution in [2.45, 2.75) is 20.3 Å². The van der Waals surface area contributed by atoms with Crippen LogP contribution in [0.25, 0.3) is 0 Å². The minimum atomic E-state index is -0.0391. The summed E-state index contributed by atoms with van der Waals surface area (Å²) in [5.41, 5.74) is 3.16. The van der Waals surface area contributed by atoms with Crippen LogP contribution in [0.15, 0.2) is 30.5 Å². The molecule has 1 fully saturated rings. The summed E-state index contributed by atoms with van der Waals surface area (Å²) in [6, 6.07) is 7.47. The van der Waals surface area contributed by atoms with Crippen molar-refractivity contribution in [2.24, 2.45) is 0 Å². The SMILES string of the molecule is COc1c(C)cc(C)cc1C(=O)N1CCCN(C(=O)c2ccc[nH]2)CC1. The molecule has 0 radical (unpaired) electrons. The lowest BCUT2D eigenvalue weighted by Gasteiger charge is -2.23. The highest BCUT2D eigenvalue weighted by molar-refractivity contribution is 5.98. The van der Waals surface area contributed by atoms with Crippen molar-refractivity contribution >= 4 is 11.8 Å². The van der Waals surface area contributed by atoms with E-state index < -0.39 is 0 Å². The third-order valence-corrected chi connectivity index (χ3v) is 4.75. The fraction of sp³-hybridized carbons (Fsp3) is 0.400. The monoisotopic (exact) mass is 355 g/mol. The van der Waals surface area contributed by atoms with Crippen LogP contribution < -0.4 is 4.74 Å². The summed E-state index contributed by atoms with van der Waals surface area (Å²) >= 11 is 0. The fourth-order valence-electron chi connectivity index (χ4n) is 3.51. The number of H-pyrrole nitrogens is 1. The number of carbonyl (C=O) groups is 2. The number of ether oxygens (including phenoxy) is 1. The molecule has 0 atom stereocenters. The molecule has 1 aliphatic rings. The van der Waals surface area contributed by atoms with Crippen LogP contribution >= 0.6 is 0 Å². The zero-order valence-corrected chi connectivity index (χ0v) is 15.5. The van der Waals surface area contributed by atoms with Gasteiger partial charge in [0, 0.05) is 32.4 Å². The number of hydrogen-bond acceptors (Lipinski definition) is 3. The second-order valence-corrected chi connectivity index (χ2v) is 6.68. The van der Waals surface area contributed by atoms with Gasteiger partial charge in [0.2, 0.25) is 0 Å². The van der Waals surface area contributed by atoms with E-state index in [1.54, 1.807) is 24.3 Å². The van der Waals surface area contributed by atoms with Crippen molar-refractivity contribution in [1.29, 1.82) is 0 Å². The van der Waals surface area contributed by atoms with Crippen LogP contribution in [-0.4, -0.2) is 59.9 Å². The van der Waals surface area contributed by atoms with Crippen molar-refractivity contribution in [3.05, 3.63) is 52.8 Å². The predicted molar refractivity (Wildman–Crippen MR) is 99.7 cm³/mol. The molecule has 0 spiro atoms. The number of carbonyl (C=O) groups excluding carboxylic acids is 2. The van der Waals surface area contributed by atoms with Crippen molar-refractivity contribution < 1.29 is 14.3 Å². The molecule has 6 heteroatoms. The van der Waals surface area contributed by atoms with Gasteiger partial charge >= 0.3 is 0 Å². The summed E-state index contributed by atoms with van der Waals surface area (Å²) in [6.07, 6.45) is 2.50. The first-order chi connectivity index (χ1) is 12.5. The fourth-order valence-corrected chi connectivity index (χ4v) is 3.51. The maximum atomic E-state index is 13.1. The van der Waals surface area contributed by atoms with Gasteiger partial charge in [-0.05, 0) is 49.6 Å². The first-order valence-electron chi connectivity index (χ1n) is 8.88. The van der Waals surface area contributed by atoms with E-state index in [1.807, 2.05) is 36.9 Å². The van der Waals surface area contributed by atoms with Crippen LogP contribution in [0.5, 0.6) is 5.75 Å². The van der Waals surface area contributed by atoms with Gasteiger partial charge in [-0.2, -0.15) is 0 Å². The number of amides is 2. The Morgan fingerprint density at radius 3 is 2.35 bits per heavy atom. The smallest absolute Gasteiger partial charge is 0.270 e. The molecular formula is C20H25N3O3. The first-order valence-corrected chi connectivity index (χ1v) is 8.88. The Balaban J connectivity index is 1.75. The zero-order valence-electron chi connectivity index (χ0n) is 15.5. The van der Waals surface area contributed by atoms with Crippen molar-refractivity contribution in [1.82, 2.24) is 14.8 Å². The Bertz CT molecular complexity index is 799. The van der Waals surface area contributed by atoms with E-state index >= 15 is 0 Å². The molecule has 6 nitrogen and oxygen atoms in total. The largest absolute Gasteiger partial charge is 0.496 e. The van der Waals surface area contributed by atoms with Gasteiger partial charge in [-0.1, -0.05) is 6.07 Å². The molecule has 1 aromatic heterocycles. The Morgan fingerprint density at radius 1 is 1.04 bits per heavy atom. The van der Waals surface area contributed by atoms with Gasteiger partial charge in [0.15, 0.2) is 0 Å². The first kappa shape index (κ1) is 18.0. The van der Waals surface area contributed by atoms with E-state index in [4.69, 9.17) is 4.74 Å². The topological polar surface area (TPSA) is 65.6 Å². The van der Waals surface area contributed by atoms with Gasteiger partial charge < -0.3 is 19.5 Å². The van der Waals surface area contributed by atoms with E-state index in [-0.39, 0.29) is 11.8 Å². The lowest BCUT2D eigenvalue weighted by Crippen LogP contribution is -2.37.